The quantitative estimate of drug-likeness (QED) is 0.742. The van der Waals surface area contributed by atoms with Crippen LogP contribution in [0.25, 0.3) is 0 Å². The fourth-order valence-corrected chi connectivity index (χ4v) is 4.79. The van der Waals surface area contributed by atoms with Crippen molar-refractivity contribution in [3.05, 3.63) is 52.2 Å². The molecular formula is C22H27N4O2S+. The van der Waals surface area contributed by atoms with Crippen molar-refractivity contribution in [1.82, 2.24) is 10.3 Å². The number of anilines is 1. The number of nitrogens with zero attached hydrogens (tertiary/aromatic N) is 2. The van der Waals surface area contributed by atoms with Crippen molar-refractivity contribution in [2.45, 2.75) is 38.6 Å². The topological polar surface area (TPSA) is 64.5 Å². The molecule has 0 aliphatic carbocycles. The largest absolute Gasteiger partial charge is 0.429 e. The first-order chi connectivity index (χ1) is 14.1. The molecule has 29 heavy (non-hydrogen) atoms. The third-order valence-electron chi connectivity index (χ3n) is 5.43. The van der Waals surface area contributed by atoms with Gasteiger partial charge in [0.15, 0.2) is 0 Å². The van der Waals surface area contributed by atoms with E-state index in [1.165, 1.54) is 31.1 Å². The van der Waals surface area contributed by atoms with Crippen molar-refractivity contribution in [1.29, 1.82) is 0 Å². The maximum Gasteiger partial charge on any atom is 0.429 e. The van der Waals surface area contributed by atoms with Gasteiger partial charge in [-0.05, 0) is 66.3 Å². The van der Waals surface area contributed by atoms with E-state index in [-0.39, 0.29) is 17.9 Å². The smallest absolute Gasteiger partial charge is 0.326 e. The summed E-state index contributed by atoms with van der Waals surface area (Å²) in [5, 5.41) is 4.86. The summed E-state index contributed by atoms with van der Waals surface area (Å²) in [6.07, 6.45) is 4.34. The fraction of sp³-hybridized carbons (Fsp3) is 0.409. The van der Waals surface area contributed by atoms with E-state index in [2.05, 4.69) is 27.1 Å². The standard InChI is InChI=1S/C22H26N4O2S/c1-16(27)23-18-9-7-17(8-10-18)20-14-19(21-6-5-13-29-21)24-26(20)22(28)15-25-11-3-2-4-12-25/h5-10,13,19,24H,2-4,11-12,14-15H2,1H3/p+1. The predicted molar refractivity (Wildman–Crippen MR) is 115 cm³/mol. The number of thiophene rings is 1. The van der Waals surface area contributed by atoms with Crippen molar-refractivity contribution in [2.75, 3.05) is 25.0 Å². The molecule has 2 aliphatic heterocycles. The van der Waals surface area contributed by atoms with E-state index in [4.69, 9.17) is 0 Å². The van der Waals surface area contributed by atoms with Gasteiger partial charge in [-0.15, -0.1) is 11.3 Å². The molecule has 6 nitrogen and oxygen atoms in total. The molecule has 0 saturated carbocycles. The number of carbonyl (C=O) groups is 2. The van der Waals surface area contributed by atoms with E-state index in [9.17, 15) is 9.59 Å². The van der Waals surface area contributed by atoms with Crippen molar-refractivity contribution in [3.8, 4) is 0 Å². The molecule has 152 valence electrons. The number of nitrogens with one attached hydrogen (secondary N) is 2. The molecule has 4 rings (SSSR count). The van der Waals surface area contributed by atoms with Gasteiger partial charge in [-0.1, -0.05) is 12.5 Å². The lowest BCUT2D eigenvalue weighted by Gasteiger charge is -2.24. The summed E-state index contributed by atoms with van der Waals surface area (Å²) < 4.78 is 1.76. The van der Waals surface area contributed by atoms with Crippen LogP contribution in [0.15, 0.2) is 41.8 Å². The first-order valence-electron chi connectivity index (χ1n) is 10.2. The Morgan fingerprint density at radius 1 is 1.17 bits per heavy atom. The Balaban J connectivity index is 1.58. The summed E-state index contributed by atoms with van der Waals surface area (Å²) in [6.45, 7) is 3.93. The molecule has 0 bridgehead atoms. The highest BCUT2D eigenvalue weighted by Gasteiger charge is 2.38. The number of carbonyl (C=O) groups excluding carboxylic acids is 2. The van der Waals surface area contributed by atoms with Gasteiger partial charge < -0.3 is 5.32 Å². The van der Waals surface area contributed by atoms with Crippen LogP contribution in [0.3, 0.4) is 0 Å². The molecule has 1 saturated heterocycles. The van der Waals surface area contributed by atoms with Gasteiger partial charge in [0.2, 0.25) is 11.6 Å². The Kier molecular flexibility index (Phi) is 6.06. The van der Waals surface area contributed by atoms with Crippen LogP contribution >= 0.6 is 11.3 Å². The molecule has 0 radical (unpaired) electrons. The fourth-order valence-electron chi connectivity index (χ4n) is 4.02. The second kappa shape index (κ2) is 8.88. The van der Waals surface area contributed by atoms with E-state index < -0.39 is 0 Å². The summed E-state index contributed by atoms with van der Waals surface area (Å²) in [7, 11) is 0. The monoisotopic (exact) mass is 411 g/mol. The van der Waals surface area contributed by atoms with Crippen LogP contribution in [-0.2, 0) is 9.59 Å². The first kappa shape index (κ1) is 19.8. The number of benzene rings is 1. The molecule has 1 unspecified atom stereocenters. The lowest BCUT2D eigenvalue weighted by molar-refractivity contribution is -0.506. The van der Waals surface area contributed by atoms with Crippen molar-refractivity contribution in [3.63, 3.8) is 0 Å². The molecular weight excluding hydrogens is 384 g/mol. The lowest BCUT2D eigenvalue weighted by atomic mass is 10.0. The van der Waals surface area contributed by atoms with Crippen LogP contribution in [0.5, 0.6) is 0 Å². The number of amides is 2. The van der Waals surface area contributed by atoms with Crippen LogP contribution in [0.2, 0.25) is 0 Å². The number of hydrazone groups is 1. The SMILES string of the molecule is CC(=O)Nc1ccc(C2=[N+](C(=O)CN3CCCCC3)NC(c3cccs3)C2)cc1. The lowest BCUT2D eigenvalue weighted by Crippen LogP contribution is -2.42. The van der Waals surface area contributed by atoms with Gasteiger partial charge in [-0.3, -0.25) is 9.69 Å². The average Bonchev–Trinajstić information content (AvgIpc) is 3.39. The molecule has 1 aromatic heterocycles. The van der Waals surface area contributed by atoms with E-state index in [0.29, 0.717) is 6.54 Å². The van der Waals surface area contributed by atoms with Crippen molar-refractivity contribution >= 4 is 34.6 Å². The third-order valence-corrected chi connectivity index (χ3v) is 6.42. The Labute approximate surface area is 175 Å². The van der Waals surface area contributed by atoms with E-state index in [0.717, 1.165) is 36.5 Å². The number of piperidine rings is 1. The number of hydrogen-bond acceptors (Lipinski definition) is 5. The van der Waals surface area contributed by atoms with Gasteiger partial charge in [-0.25, -0.2) is 4.79 Å². The molecule has 2 amide bonds. The van der Waals surface area contributed by atoms with Crippen LogP contribution < -0.4 is 10.7 Å². The third kappa shape index (κ3) is 4.74. The number of likely N-dealkylation sites (tertiary alicyclic amines) is 1. The minimum absolute atomic E-state index is 0.0897. The van der Waals surface area contributed by atoms with Crippen LogP contribution in [0.1, 0.15) is 49.1 Å². The number of hydrogen-bond donors (Lipinski definition) is 2. The second-order valence-corrected chi connectivity index (χ2v) is 8.65. The van der Waals surface area contributed by atoms with E-state index in [1.54, 1.807) is 16.0 Å². The van der Waals surface area contributed by atoms with Gasteiger partial charge >= 0.3 is 5.91 Å². The van der Waals surface area contributed by atoms with Crippen molar-refractivity contribution < 1.29 is 14.3 Å². The molecule has 1 aromatic carbocycles. The maximum absolute atomic E-state index is 13.2. The zero-order valence-electron chi connectivity index (χ0n) is 16.7. The highest BCUT2D eigenvalue weighted by molar-refractivity contribution is 7.10. The Hall–Kier alpha value is -2.51. The van der Waals surface area contributed by atoms with Gasteiger partial charge in [0.1, 0.15) is 12.6 Å². The molecule has 3 heterocycles. The maximum atomic E-state index is 13.2. The van der Waals surface area contributed by atoms with Gasteiger partial charge in [0.05, 0.1) is 6.42 Å². The highest BCUT2D eigenvalue weighted by atomic mass is 32.1. The van der Waals surface area contributed by atoms with E-state index >= 15 is 0 Å². The molecule has 2 N–H and O–H groups in total. The highest BCUT2D eigenvalue weighted by Crippen LogP contribution is 2.28. The van der Waals surface area contributed by atoms with Crippen LogP contribution in [0.4, 0.5) is 5.69 Å². The second-order valence-electron chi connectivity index (χ2n) is 7.67. The van der Waals surface area contributed by atoms with Gasteiger partial charge in [-0.2, -0.15) is 5.43 Å². The summed E-state index contributed by atoms with van der Waals surface area (Å²) in [5.41, 5.74) is 6.18. The Morgan fingerprint density at radius 2 is 1.93 bits per heavy atom. The minimum Gasteiger partial charge on any atom is -0.326 e. The zero-order valence-corrected chi connectivity index (χ0v) is 17.5. The molecule has 1 fully saturated rings. The average molecular weight is 412 g/mol. The Bertz CT molecular complexity index is 899. The Morgan fingerprint density at radius 3 is 2.59 bits per heavy atom. The van der Waals surface area contributed by atoms with Crippen LogP contribution in [0, 0.1) is 0 Å². The normalized spacial score (nSPS) is 19.8. The summed E-state index contributed by atoms with van der Waals surface area (Å²) in [6, 6.07) is 12.0. The predicted octanol–water partition coefficient (Wildman–Crippen LogP) is 3.17. The molecule has 1 atom stereocenters. The number of rotatable bonds is 5. The van der Waals surface area contributed by atoms with E-state index in [1.807, 2.05) is 30.3 Å². The molecule has 7 heteroatoms. The van der Waals surface area contributed by atoms with Gasteiger partial charge in [0, 0.05) is 23.1 Å². The summed E-state index contributed by atoms with van der Waals surface area (Å²) in [4.78, 5) is 27.9. The van der Waals surface area contributed by atoms with Gasteiger partial charge in [0.25, 0.3) is 0 Å². The molecule has 2 aliphatic rings. The molecule has 2 aromatic rings. The zero-order chi connectivity index (χ0) is 20.2. The minimum atomic E-state index is -0.0935. The summed E-state index contributed by atoms with van der Waals surface area (Å²) in [5.74, 6) is -0.00377. The first-order valence-corrected chi connectivity index (χ1v) is 11.1. The number of hydrazine groups is 1. The van der Waals surface area contributed by atoms with Crippen LogP contribution in [-0.4, -0.2) is 46.7 Å². The molecule has 0 spiro atoms. The van der Waals surface area contributed by atoms with Crippen molar-refractivity contribution in [2.24, 2.45) is 0 Å². The summed E-state index contributed by atoms with van der Waals surface area (Å²) >= 11 is 1.70.